The first-order valence-corrected chi connectivity index (χ1v) is 10.7. The Morgan fingerprint density at radius 3 is 2.52 bits per heavy atom. The van der Waals surface area contributed by atoms with E-state index in [-0.39, 0.29) is 25.1 Å². The number of amides is 2. The number of benzene rings is 2. The summed E-state index contributed by atoms with van der Waals surface area (Å²) in [6.45, 7) is 5.42. The fourth-order valence-electron chi connectivity index (χ4n) is 3.52. The Kier molecular flexibility index (Phi) is 7.32. The van der Waals surface area contributed by atoms with E-state index in [9.17, 15) is 19.7 Å². The molecule has 33 heavy (non-hydrogen) atoms. The van der Waals surface area contributed by atoms with Gasteiger partial charge in [0.05, 0.1) is 4.92 Å². The third-order valence-electron chi connectivity index (χ3n) is 4.99. The second kappa shape index (κ2) is 10.2. The van der Waals surface area contributed by atoms with Crippen molar-refractivity contribution in [3.8, 4) is 0 Å². The lowest BCUT2D eigenvalue weighted by Gasteiger charge is -2.23. The summed E-state index contributed by atoms with van der Waals surface area (Å²) in [5, 5.41) is 17.6. The number of aromatic amines is 1. The highest BCUT2D eigenvalue weighted by atomic mass is 16.6. The number of aromatic nitrogens is 1. The van der Waals surface area contributed by atoms with Crippen LogP contribution in [0.4, 0.5) is 10.5 Å². The van der Waals surface area contributed by atoms with Gasteiger partial charge in [0.25, 0.3) is 5.69 Å². The number of para-hydroxylation sites is 2. The number of carbonyl (C=O) groups excluding carboxylic acids is 2. The average molecular weight is 453 g/mol. The van der Waals surface area contributed by atoms with Gasteiger partial charge in [-0.15, -0.1) is 0 Å². The molecule has 9 nitrogen and oxygen atoms in total. The standard InChI is InChI=1S/C24H28N4O5/c1-24(2,3)33-23(30)27-20(14-17-15-26-19-10-6-5-9-18(17)19)22(29)25-13-12-16-8-4-7-11-21(16)28(31)32/h4-11,15,20,26H,12-14H2,1-3H3,(H,25,29)(H,27,30)/t20-/m0/s1. The minimum atomic E-state index is -0.884. The molecule has 0 fully saturated rings. The van der Waals surface area contributed by atoms with Gasteiger partial charge in [-0.05, 0) is 38.8 Å². The maximum absolute atomic E-state index is 13.0. The molecule has 9 heteroatoms. The van der Waals surface area contributed by atoms with Crippen molar-refractivity contribution in [2.75, 3.05) is 6.54 Å². The van der Waals surface area contributed by atoms with Gasteiger partial charge in [0.2, 0.25) is 5.91 Å². The number of carbonyl (C=O) groups is 2. The van der Waals surface area contributed by atoms with Crippen LogP contribution in [-0.4, -0.2) is 40.1 Å². The molecule has 0 spiro atoms. The molecule has 2 aromatic carbocycles. The monoisotopic (exact) mass is 452 g/mol. The van der Waals surface area contributed by atoms with Gasteiger partial charge in [0.15, 0.2) is 0 Å². The van der Waals surface area contributed by atoms with E-state index in [0.717, 1.165) is 16.5 Å². The fraction of sp³-hybridized carbons (Fsp3) is 0.333. The van der Waals surface area contributed by atoms with Crippen LogP contribution >= 0.6 is 0 Å². The van der Waals surface area contributed by atoms with Crippen molar-refractivity contribution in [3.63, 3.8) is 0 Å². The molecule has 3 rings (SSSR count). The van der Waals surface area contributed by atoms with Gasteiger partial charge in [-0.1, -0.05) is 36.4 Å². The molecule has 174 valence electrons. The Labute approximate surface area is 191 Å². The molecule has 0 aliphatic carbocycles. The van der Waals surface area contributed by atoms with E-state index in [1.807, 2.05) is 30.5 Å². The SMILES string of the molecule is CC(C)(C)OC(=O)N[C@@H](Cc1c[nH]c2ccccc12)C(=O)NCCc1ccccc1[N+](=O)[O-]. The molecule has 0 aliphatic rings. The lowest BCUT2D eigenvalue weighted by atomic mass is 10.0. The third kappa shape index (κ3) is 6.55. The maximum Gasteiger partial charge on any atom is 0.408 e. The van der Waals surface area contributed by atoms with Crippen LogP contribution in [0.5, 0.6) is 0 Å². The van der Waals surface area contributed by atoms with E-state index in [1.54, 1.807) is 39.0 Å². The largest absolute Gasteiger partial charge is 0.444 e. The van der Waals surface area contributed by atoms with Crippen LogP contribution in [0.1, 0.15) is 31.9 Å². The van der Waals surface area contributed by atoms with Crippen LogP contribution in [0, 0.1) is 10.1 Å². The summed E-state index contributed by atoms with van der Waals surface area (Å²) in [4.78, 5) is 39.3. The van der Waals surface area contributed by atoms with Crippen LogP contribution in [0.3, 0.4) is 0 Å². The van der Waals surface area contributed by atoms with Gasteiger partial charge in [0.1, 0.15) is 11.6 Å². The number of ether oxygens (including phenoxy) is 1. The zero-order valence-corrected chi connectivity index (χ0v) is 18.9. The van der Waals surface area contributed by atoms with Gasteiger partial charge >= 0.3 is 6.09 Å². The van der Waals surface area contributed by atoms with Gasteiger partial charge in [-0.2, -0.15) is 0 Å². The van der Waals surface area contributed by atoms with Crippen molar-refractivity contribution in [3.05, 3.63) is 76.0 Å². The molecule has 2 amide bonds. The zero-order chi connectivity index (χ0) is 24.0. The summed E-state index contributed by atoms with van der Waals surface area (Å²) >= 11 is 0. The second-order valence-electron chi connectivity index (χ2n) is 8.69. The van der Waals surface area contributed by atoms with E-state index >= 15 is 0 Å². The zero-order valence-electron chi connectivity index (χ0n) is 18.9. The van der Waals surface area contributed by atoms with Gasteiger partial charge in [-0.3, -0.25) is 14.9 Å². The van der Waals surface area contributed by atoms with Crippen molar-refractivity contribution < 1.29 is 19.2 Å². The molecule has 0 unspecified atom stereocenters. The number of nitro groups is 1. The summed E-state index contributed by atoms with van der Waals surface area (Å²) in [7, 11) is 0. The van der Waals surface area contributed by atoms with Crippen molar-refractivity contribution in [2.24, 2.45) is 0 Å². The molecule has 1 aromatic heterocycles. The quantitative estimate of drug-likeness (QED) is 0.353. The molecule has 1 heterocycles. The minimum absolute atomic E-state index is 0.00831. The Bertz CT molecular complexity index is 1150. The molecule has 1 atom stereocenters. The molecule has 3 aromatic rings. The lowest BCUT2D eigenvalue weighted by Crippen LogP contribution is -2.49. The average Bonchev–Trinajstić information content (AvgIpc) is 3.15. The van der Waals surface area contributed by atoms with Gasteiger partial charge in [-0.25, -0.2) is 4.79 Å². The van der Waals surface area contributed by atoms with Crippen LogP contribution in [-0.2, 0) is 22.4 Å². The topological polar surface area (TPSA) is 126 Å². The highest BCUT2D eigenvalue weighted by Crippen LogP contribution is 2.20. The van der Waals surface area contributed by atoms with Crippen molar-refractivity contribution in [1.29, 1.82) is 0 Å². The van der Waals surface area contributed by atoms with Crippen LogP contribution in [0.15, 0.2) is 54.7 Å². The first-order chi connectivity index (χ1) is 15.6. The maximum atomic E-state index is 13.0. The molecule has 3 N–H and O–H groups in total. The van der Waals surface area contributed by atoms with E-state index in [1.165, 1.54) is 6.07 Å². The number of hydrogen-bond donors (Lipinski definition) is 3. The third-order valence-corrected chi connectivity index (χ3v) is 4.99. The van der Waals surface area contributed by atoms with Crippen LogP contribution in [0.2, 0.25) is 0 Å². The number of hydrogen-bond acceptors (Lipinski definition) is 5. The summed E-state index contributed by atoms with van der Waals surface area (Å²) in [5.74, 6) is -0.398. The predicted molar refractivity (Wildman–Crippen MR) is 125 cm³/mol. The van der Waals surface area contributed by atoms with Crippen molar-refractivity contribution >= 4 is 28.6 Å². The number of H-pyrrole nitrogens is 1. The van der Waals surface area contributed by atoms with E-state index in [2.05, 4.69) is 15.6 Å². The Morgan fingerprint density at radius 2 is 1.79 bits per heavy atom. The number of nitro benzene ring substituents is 1. The van der Waals surface area contributed by atoms with E-state index in [4.69, 9.17) is 4.74 Å². The van der Waals surface area contributed by atoms with Gasteiger partial charge < -0.3 is 20.4 Å². The first kappa shape index (κ1) is 23.8. The number of alkyl carbamates (subject to hydrolysis) is 1. The van der Waals surface area contributed by atoms with Crippen molar-refractivity contribution in [1.82, 2.24) is 15.6 Å². The lowest BCUT2D eigenvalue weighted by molar-refractivity contribution is -0.385. The molecule has 0 bridgehead atoms. The summed E-state index contributed by atoms with van der Waals surface area (Å²) in [5.41, 5.74) is 1.63. The molecule has 0 radical (unpaired) electrons. The molecular formula is C24H28N4O5. The second-order valence-corrected chi connectivity index (χ2v) is 8.69. The van der Waals surface area contributed by atoms with Crippen molar-refractivity contribution in [2.45, 2.75) is 45.3 Å². The normalized spacial score (nSPS) is 12.2. The minimum Gasteiger partial charge on any atom is -0.444 e. The molecule has 0 saturated heterocycles. The number of fused-ring (bicyclic) bond motifs is 1. The highest BCUT2D eigenvalue weighted by Gasteiger charge is 2.25. The molecule has 0 aliphatic heterocycles. The highest BCUT2D eigenvalue weighted by molar-refractivity contribution is 5.88. The molecule has 0 saturated carbocycles. The van der Waals surface area contributed by atoms with E-state index < -0.39 is 28.6 Å². The number of nitrogens with one attached hydrogen (secondary N) is 3. The predicted octanol–water partition coefficient (Wildman–Crippen LogP) is 3.87. The molecular weight excluding hydrogens is 424 g/mol. The Morgan fingerprint density at radius 1 is 1.09 bits per heavy atom. The number of nitrogens with zero attached hydrogens (tertiary/aromatic N) is 1. The summed E-state index contributed by atoms with van der Waals surface area (Å²) in [6, 6.07) is 13.2. The van der Waals surface area contributed by atoms with E-state index in [0.29, 0.717) is 5.56 Å². The van der Waals surface area contributed by atoms with Crippen LogP contribution < -0.4 is 10.6 Å². The Hall–Kier alpha value is -3.88. The van der Waals surface area contributed by atoms with Crippen LogP contribution in [0.25, 0.3) is 10.9 Å². The fourth-order valence-corrected chi connectivity index (χ4v) is 3.52. The number of rotatable bonds is 8. The first-order valence-electron chi connectivity index (χ1n) is 10.7. The van der Waals surface area contributed by atoms with Gasteiger partial charge in [0, 0.05) is 41.7 Å². The smallest absolute Gasteiger partial charge is 0.408 e. The summed E-state index contributed by atoms with van der Waals surface area (Å²) in [6.07, 6.45) is 1.66. The Balaban J connectivity index is 1.71. The summed E-state index contributed by atoms with van der Waals surface area (Å²) < 4.78 is 5.33.